The van der Waals surface area contributed by atoms with Gasteiger partial charge < -0.3 is 10.6 Å². The van der Waals surface area contributed by atoms with E-state index in [0.29, 0.717) is 12.5 Å². The second-order valence-corrected chi connectivity index (χ2v) is 5.00. The molecule has 1 aliphatic rings. The first kappa shape index (κ1) is 12.9. The van der Waals surface area contributed by atoms with E-state index < -0.39 is 5.82 Å². The Hall–Kier alpha value is -2.07. The zero-order valence-corrected chi connectivity index (χ0v) is 11.4. The Balaban J connectivity index is 1.99. The molecule has 1 atom stereocenters. The zero-order chi connectivity index (χ0) is 14.1. The van der Waals surface area contributed by atoms with Crippen LogP contribution in [0.25, 0.3) is 0 Å². The predicted molar refractivity (Wildman–Crippen MR) is 79.6 cm³/mol. The van der Waals surface area contributed by atoms with E-state index in [2.05, 4.69) is 4.99 Å². The van der Waals surface area contributed by atoms with Gasteiger partial charge in [0.25, 0.3) is 0 Å². The number of nitrogens with two attached hydrogens (primary N) is 1. The molecule has 1 heterocycles. The smallest absolute Gasteiger partial charge is 0.196 e. The van der Waals surface area contributed by atoms with Crippen LogP contribution in [-0.4, -0.2) is 12.5 Å². The van der Waals surface area contributed by atoms with Crippen LogP contribution < -0.4 is 10.6 Å². The molecule has 0 spiro atoms. The quantitative estimate of drug-likeness (QED) is 0.921. The summed E-state index contributed by atoms with van der Waals surface area (Å²) >= 11 is 5.86. The minimum absolute atomic E-state index is 0.0597. The third-order valence-electron chi connectivity index (χ3n) is 3.35. The van der Waals surface area contributed by atoms with Crippen molar-refractivity contribution in [3.05, 3.63) is 64.9 Å². The van der Waals surface area contributed by atoms with E-state index in [1.54, 1.807) is 12.1 Å². The van der Waals surface area contributed by atoms with E-state index in [0.717, 1.165) is 11.3 Å². The number of halogens is 2. The third-order valence-corrected chi connectivity index (χ3v) is 3.64. The van der Waals surface area contributed by atoms with Crippen molar-refractivity contribution in [3.8, 4) is 0 Å². The molecule has 0 aromatic heterocycles. The number of para-hydroxylation sites is 1. The van der Waals surface area contributed by atoms with Crippen LogP contribution in [0.2, 0.25) is 5.02 Å². The van der Waals surface area contributed by atoms with Crippen LogP contribution in [0.3, 0.4) is 0 Å². The van der Waals surface area contributed by atoms with Crippen LogP contribution >= 0.6 is 11.6 Å². The maximum absolute atomic E-state index is 13.3. The first-order chi connectivity index (χ1) is 9.66. The van der Waals surface area contributed by atoms with Crippen molar-refractivity contribution in [3.63, 3.8) is 0 Å². The molecule has 5 heteroatoms. The van der Waals surface area contributed by atoms with Gasteiger partial charge in [0.1, 0.15) is 5.82 Å². The number of hydrogen-bond acceptors (Lipinski definition) is 3. The average molecular weight is 290 g/mol. The van der Waals surface area contributed by atoms with E-state index in [4.69, 9.17) is 17.3 Å². The maximum atomic E-state index is 13.3. The first-order valence-corrected chi connectivity index (χ1v) is 6.64. The molecule has 0 saturated heterocycles. The fraction of sp³-hybridized carbons (Fsp3) is 0.133. The Morgan fingerprint density at radius 3 is 2.65 bits per heavy atom. The first-order valence-electron chi connectivity index (χ1n) is 6.26. The van der Waals surface area contributed by atoms with Gasteiger partial charge in [0.15, 0.2) is 5.96 Å². The van der Waals surface area contributed by atoms with Gasteiger partial charge in [-0.1, -0.05) is 35.9 Å². The van der Waals surface area contributed by atoms with Crippen molar-refractivity contribution in [2.45, 2.75) is 6.04 Å². The van der Waals surface area contributed by atoms with Crippen molar-refractivity contribution in [2.24, 2.45) is 10.7 Å². The summed E-state index contributed by atoms with van der Waals surface area (Å²) in [6.45, 7) is 0.530. The van der Waals surface area contributed by atoms with Crippen molar-refractivity contribution in [1.29, 1.82) is 0 Å². The lowest BCUT2D eigenvalue weighted by atomic mass is 10.1. The summed E-state index contributed by atoms with van der Waals surface area (Å²) < 4.78 is 13.3. The standard InChI is InChI=1S/C15H13ClFN3/c16-12-8-10(6-7-13(12)17)14-9-19-15(18)20(14)11-4-2-1-3-5-11/h1-8,14H,9H2,(H2,18,19). The van der Waals surface area contributed by atoms with Crippen LogP contribution in [0, 0.1) is 5.82 Å². The molecule has 20 heavy (non-hydrogen) atoms. The summed E-state index contributed by atoms with van der Waals surface area (Å²) in [5, 5.41) is 0.112. The Morgan fingerprint density at radius 1 is 1.20 bits per heavy atom. The van der Waals surface area contributed by atoms with Crippen molar-refractivity contribution < 1.29 is 4.39 Å². The second kappa shape index (κ2) is 5.13. The fourth-order valence-electron chi connectivity index (χ4n) is 2.37. The monoisotopic (exact) mass is 289 g/mol. The van der Waals surface area contributed by atoms with Gasteiger partial charge in [-0.25, -0.2) is 4.39 Å². The van der Waals surface area contributed by atoms with Crippen molar-refractivity contribution in [2.75, 3.05) is 11.4 Å². The topological polar surface area (TPSA) is 41.6 Å². The number of hydrogen-bond donors (Lipinski definition) is 1. The molecule has 0 bridgehead atoms. The summed E-state index contributed by atoms with van der Waals surface area (Å²) in [4.78, 5) is 6.22. The van der Waals surface area contributed by atoms with E-state index in [1.165, 1.54) is 6.07 Å². The number of anilines is 1. The molecule has 0 fully saturated rings. The van der Waals surface area contributed by atoms with Crippen molar-refractivity contribution >= 4 is 23.2 Å². The van der Waals surface area contributed by atoms with Gasteiger partial charge in [-0.3, -0.25) is 4.99 Å². The molecule has 0 radical (unpaired) electrons. The Kier molecular flexibility index (Phi) is 3.32. The van der Waals surface area contributed by atoms with Crippen LogP contribution in [0.4, 0.5) is 10.1 Å². The molecule has 0 amide bonds. The zero-order valence-electron chi connectivity index (χ0n) is 10.6. The molecule has 1 aliphatic heterocycles. The normalized spacial score (nSPS) is 18.2. The van der Waals surface area contributed by atoms with Crippen molar-refractivity contribution in [1.82, 2.24) is 0 Å². The molecule has 0 saturated carbocycles. The second-order valence-electron chi connectivity index (χ2n) is 4.59. The minimum atomic E-state index is -0.423. The number of benzene rings is 2. The highest BCUT2D eigenvalue weighted by Crippen LogP contribution is 2.32. The molecular weight excluding hydrogens is 277 g/mol. The summed E-state index contributed by atoms with van der Waals surface area (Å²) in [6.07, 6.45) is 0. The highest BCUT2D eigenvalue weighted by Gasteiger charge is 2.29. The predicted octanol–water partition coefficient (Wildman–Crippen LogP) is 3.36. The Labute approximate surface area is 121 Å². The van der Waals surface area contributed by atoms with Gasteiger partial charge in [0.05, 0.1) is 17.6 Å². The lowest BCUT2D eigenvalue weighted by Crippen LogP contribution is -2.36. The Bertz CT molecular complexity index is 657. The molecule has 102 valence electrons. The molecule has 3 rings (SSSR count). The molecular formula is C15H13ClFN3. The van der Waals surface area contributed by atoms with Gasteiger partial charge in [-0.15, -0.1) is 0 Å². The van der Waals surface area contributed by atoms with Crippen LogP contribution in [0.1, 0.15) is 11.6 Å². The van der Waals surface area contributed by atoms with Crippen LogP contribution in [0.5, 0.6) is 0 Å². The molecule has 2 N–H and O–H groups in total. The largest absolute Gasteiger partial charge is 0.369 e. The van der Waals surface area contributed by atoms with E-state index in [1.807, 2.05) is 35.2 Å². The van der Waals surface area contributed by atoms with Gasteiger partial charge in [0, 0.05) is 5.69 Å². The van der Waals surface area contributed by atoms with Crippen LogP contribution in [0.15, 0.2) is 53.5 Å². The minimum Gasteiger partial charge on any atom is -0.369 e. The maximum Gasteiger partial charge on any atom is 0.196 e. The van der Waals surface area contributed by atoms with Crippen LogP contribution in [-0.2, 0) is 0 Å². The number of guanidine groups is 1. The summed E-state index contributed by atoms with van der Waals surface area (Å²) in [5.41, 5.74) is 7.82. The third kappa shape index (κ3) is 2.23. The van der Waals surface area contributed by atoms with Gasteiger partial charge in [0.2, 0.25) is 0 Å². The summed E-state index contributed by atoms with van der Waals surface area (Å²) in [6, 6.07) is 14.4. The van der Waals surface area contributed by atoms with E-state index in [9.17, 15) is 4.39 Å². The Morgan fingerprint density at radius 2 is 1.95 bits per heavy atom. The molecule has 3 nitrogen and oxygen atoms in total. The molecule has 2 aromatic rings. The highest BCUT2D eigenvalue weighted by molar-refractivity contribution is 6.30. The van der Waals surface area contributed by atoms with E-state index >= 15 is 0 Å². The lowest BCUT2D eigenvalue weighted by molar-refractivity contribution is 0.626. The number of aliphatic imine (C=N–C) groups is 1. The SMILES string of the molecule is NC1=NCC(c2ccc(F)c(Cl)c2)N1c1ccccc1. The molecule has 1 unspecified atom stereocenters. The van der Waals surface area contributed by atoms with Gasteiger partial charge in [-0.2, -0.15) is 0 Å². The molecule has 2 aromatic carbocycles. The number of rotatable bonds is 2. The molecule has 0 aliphatic carbocycles. The fourth-order valence-corrected chi connectivity index (χ4v) is 2.56. The van der Waals surface area contributed by atoms with Gasteiger partial charge >= 0.3 is 0 Å². The highest BCUT2D eigenvalue weighted by atomic mass is 35.5. The summed E-state index contributed by atoms with van der Waals surface area (Å²) in [5.74, 6) is 0.0372. The average Bonchev–Trinajstić information content (AvgIpc) is 2.85. The number of nitrogens with zero attached hydrogens (tertiary/aromatic N) is 2. The van der Waals surface area contributed by atoms with E-state index in [-0.39, 0.29) is 11.1 Å². The van der Waals surface area contributed by atoms with Gasteiger partial charge in [-0.05, 0) is 29.8 Å². The summed E-state index contributed by atoms with van der Waals surface area (Å²) in [7, 11) is 0. The lowest BCUT2D eigenvalue weighted by Gasteiger charge is -2.26.